The normalized spacial score (nSPS) is 21.9. The Morgan fingerprint density at radius 2 is 2.39 bits per heavy atom. The first-order valence-corrected chi connectivity index (χ1v) is 6.95. The van der Waals surface area contributed by atoms with Crippen molar-refractivity contribution < 1.29 is 9.47 Å². The molecule has 0 bridgehead atoms. The van der Waals surface area contributed by atoms with Gasteiger partial charge in [0.2, 0.25) is 0 Å². The van der Waals surface area contributed by atoms with Crippen LogP contribution in [0.5, 0.6) is 5.75 Å². The van der Waals surface area contributed by atoms with Gasteiger partial charge in [0.15, 0.2) is 0 Å². The standard InChI is InChI=1S/C15H21NO2/c1-2-15-14(5-8-18-15)9-12(1)4-7-17-11-13-3-6-16-10-13/h1-2,9,13,16H,3-8,10-11H2. The van der Waals surface area contributed by atoms with Gasteiger partial charge >= 0.3 is 0 Å². The molecule has 2 heterocycles. The molecule has 0 radical (unpaired) electrons. The van der Waals surface area contributed by atoms with E-state index in [-0.39, 0.29) is 0 Å². The Bertz CT molecular complexity index is 399. The summed E-state index contributed by atoms with van der Waals surface area (Å²) in [5.41, 5.74) is 2.72. The smallest absolute Gasteiger partial charge is 0.122 e. The number of hydrogen-bond acceptors (Lipinski definition) is 3. The topological polar surface area (TPSA) is 30.5 Å². The fraction of sp³-hybridized carbons (Fsp3) is 0.600. The third-order valence-corrected chi connectivity index (χ3v) is 3.80. The highest BCUT2D eigenvalue weighted by Crippen LogP contribution is 2.25. The van der Waals surface area contributed by atoms with Crippen molar-refractivity contribution in [2.24, 2.45) is 5.92 Å². The average molecular weight is 247 g/mol. The molecule has 1 aromatic carbocycles. The van der Waals surface area contributed by atoms with Gasteiger partial charge in [0.1, 0.15) is 5.75 Å². The molecule has 0 aromatic heterocycles. The molecule has 1 aromatic rings. The zero-order chi connectivity index (χ0) is 12.2. The molecule has 1 fully saturated rings. The van der Waals surface area contributed by atoms with E-state index in [0.717, 1.165) is 57.4 Å². The molecule has 1 saturated heterocycles. The third kappa shape index (κ3) is 2.85. The number of ether oxygens (including phenoxy) is 2. The maximum atomic E-state index is 5.77. The van der Waals surface area contributed by atoms with Crippen LogP contribution in [0.1, 0.15) is 17.5 Å². The molecule has 1 N–H and O–H groups in total. The van der Waals surface area contributed by atoms with Gasteiger partial charge in [-0.25, -0.2) is 0 Å². The maximum absolute atomic E-state index is 5.77. The van der Waals surface area contributed by atoms with Crippen LogP contribution >= 0.6 is 0 Å². The monoisotopic (exact) mass is 247 g/mol. The van der Waals surface area contributed by atoms with Crippen LogP contribution in [0.4, 0.5) is 0 Å². The van der Waals surface area contributed by atoms with Crippen molar-refractivity contribution in [3.05, 3.63) is 29.3 Å². The number of fused-ring (bicyclic) bond motifs is 1. The lowest BCUT2D eigenvalue weighted by atomic mass is 10.1. The molecule has 3 heteroatoms. The van der Waals surface area contributed by atoms with E-state index in [1.54, 1.807) is 0 Å². The molecule has 0 spiro atoms. The maximum Gasteiger partial charge on any atom is 0.122 e. The second kappa shape index (κ2) is 5.72. The molecule has 0 saturated carbocycles. The minimum absolute atomic E-state index is 0.721. The van der Waals surface area contributed by atoms with Gasteiger partial charge in [0.05, 0.1) is 19.8 Å². The van der Waals surface area contributed by atoms with Crippen LogP contribution < -0.4 is 10.1 Å². The van der Waals surface area contributed by atoms with Crippen LogP contribution in [-0.4, -0.2) is 32.9 Å². The minimum Gasteiger partial charge on any atom is -0.493 e. The van der Waals surface area contributed by atoms with Gasteiger partial charge in [-0.05, 0) is 42.5 Å². The van der Waals surface area contributed by atoms with Crippen LogP contribution in [0.2, 0.25) is 0 Å². The molecule has 1 atom stereocenters. The molecule has 1 unspecified atom stereocenters. The first-order valence-electron chi connectivity index (χ1n) is 6.95. The van der Waals surface area contributed by atoms with E-state index >= 15 is 0 Å². The van der Waals surface area contributed by atoms with E-state index in [2.05, 4.69) is 23.5 Å². The lowest BCUT2D eigenvalue weighted by Crippen LogP contribution is -2.14. The number of benzene rings is 1. The molecular formula is C15H21NO2. The van der Waals surface area contributed by atoms with Gasteiger partial charge in [-0.15, -0.1) is 0 Å². The Balaban J connectivity index is 1.42. The fourth-order valence-corrected chi connectivity index (χ4v) is 2.69. The Hall–Kier alpha value is -1.06. The summed E-state index contributed by atoms with van der Waals surface area (Å²) < 4.78 is 11.3. The van der Waals surface area contributed by atoms with E-state index in [9.17, 15) is 0 Å². The molecule has 18 heavy (non-hydrogen) atoms. The molecule has 0 aliphatic carbocycles. The predicted molar refractivity (Wildman–Crippen MR) is 71.1 cm³/mol. The van der Waals surface area contributed by atoms with Crippen molar-refractivity contribution in [2.45, 2.75) is 19.3 Å². The molecule has 2 aliphatic heterocycles. The molecule has 3 rings (SSSR count). The average Bonchev–Trinajstić information content (AvgIpc) is 3.05. The highest BCUT2D eigenvalue weighted by Gasteiger charge is 2.14. The Labute approximate surface area is 108 Å². The summed E-state index contributed by atoms with van der Waals surface area (Å²) in [4.78, 5) is 0. The van der Waals surface area contributed by atoms with Gasteiger partial charge in [-0.1, -0.05) is 12.1 Å². The summed E-state index contributed by atoms with van der Waals surface area (Å²) in [5, 5.41) is 3.37. The van der Waals surface area contributed by atoms with Crippen LogP contribution in [0, 0.1) is 5.92 Å². The zero-order valence-corrected chi connectivity index (χ0v) is 10.8. The summed E-state index contributed by atoms with van der Waals surface area (Å²) in [6.07, 6.45) is 3.32. The second-order valence-electron chi connectivity index (χ2n) is 5.22. The number of rotatable bonds is 5. The summed E-state index contributed by atoms with van der Waals surface area (Å²) >= 11 is 0. The van der Waals surface area contributed by atoms with Crippen LogP contribution in [0.15, 0.2) is 18.2 Å². The summed E-state index contributed by atoms with van der Waals surface area (Å²) in [6, 6.07) is 6.52. The van der Waals surface area contributed by atoms with Gasteiger partial charge in [0.25, 0.3) is 0 Å². The van der Waals surface area contributed by atoms with Crippen LogP contribution in [-0.2, 0) is 17.6 Å². The van der Waals surface area contributed by atoms with Crippen molar-refractivity contribution in [3.8, 4) is 5.75 Å². The largest absolute Gasteiger partial charge is 0.493 e. The second-order valence-corrected chi connectivity index (χ2v) is 5.22. The first-order chi connectivity index (χ1) is 8.92. The lowest BCUT2D eigenvalue weighted by molar-refractivity contribution is 0.108. The summed E-state index contributed by atoms with van der Waals surface area (Å²) in [6.45, 7) is 4.84. The van der Waals surface area contributed by atoms with Crippen LogP contribution in [0.3, 0.4) is 0 Å². The SMILES string of the molecule is c1cc2c(cc1CCOCC1CCNC1)CCO2. The van der Waals surface area contributed by atoms with E-state index in [0.29, 0.717) is 0 Å². The van der Waals surface area contributed by atoms with E-state index < -0.39 is 0 Å². The third-order valence-electron chi connectivity index (χ3n) is 3.80. The molecule has 0 amide bonds. The number of nitrogens with one attached hydrogen (secondary N) is 1. The van der Waals surface area contributed by atoms with E-state index in [1.807, 2.05) is 0 Å². The number of hydrogen-bond donors (Lipinski definition) is 1. The highest BCUT2D eigenvalue weighted by molar-refractivity contribution is 5.39. The Morgan fingerprint density at radius 3 is 3.28 bits per heavy atom. The van der Waals surface area contributed by atoms with Crippen molar-refractivity contribution in [2.75, 3.05) is 32.9 Å². The van der Waals surface area contributed by atoms with Gasteiger partial charge in [0, 0.05) is 13.0 Å². The highest BCUT2D eigenvalue weighted by atomic mass is 16.5. The van der Waals surface area contributed by atoms with Crippen molar-refractivity contribution in [1.29, 1.82) is 0 Å². The van der Waals surface area contributed by atoms with Crippen molar-refractivity contribution in [3.63, 3.8) is 0 Å². The van der Waals surface area contributed by atoms with Gasteiger partial charge < -0.3 is 14.8 Å². The predicted octanol–water partition coefficient (Wildman–Crippen LogP) is 1.79. The molecule has 2 aliphatic rings. The van der Waals surface area contributed by atoms with Gasteiger partial charge in [-0.3, -0.25) is 0 Å². The van der Waals surface area contributed by atoms with Crippen molar-refractivity contribution >= 4 is 0 Å². The quantitative estimate of drug-likeness (QED) is 0.805. The molecule has 3 nitrogen and oxygen atoms in total. The Kier molecular flexibility index (Phi) is 3.81. The minimum atomic E-state index is 0.721. The summed E-state index contributed by atoms with van der Waals surface area (Å²) in [5.74, 6) is 1.79. The fourth-order valence-electron chi connectivity index (χ4n) is 2.69. The summed E-state index contributed by atoms with van der Waals surface area (Å²) in [7, 11) is 0. The Morgan fingerprint density at radius 1 is 1.39 bits per heavy atom. The lowest BCUT2D eigenvalue weighted by Gasteiger charge is -2.09. The van der Waals surface area contributed by atoms with Crippen LogP contribution in [0.25, 0.3) is 0 Å². The molecule has 98 valence electrons. The van der Waals surface area contributed by atoms with E-state index in [1.165, 1.54) is 17.5 Å². The van der Waals surface area contributed by atoms with Crippen molar-refractivity contribution in [1.82, 2.24) is 5.32 Å². The van der Waals surface area contributed by atoms with E-state index in [4.69, 9.17) is 9.47 Å². The van der Waals surface area contributed by atoms with Gasteiger partial charge in [-0.2, -0.15) is 0 Å². The molecular weight excluding hydrogens is 226 g/mol. The zero-order valence-electron chi connectivity index (χ0n) is 10.8. The first kappa shape index (κ1) is 12.0.